The maximum atomic E-state index is 14.4. The molecule has 1 aromatic carbocycles. The third-order valence-corrected chi connectivity index (χ3v) is 5.06. The first-order chi connectivity index (χ1) is 12.1. The second-order valence-electron chi connectivity index (χ2n) is 5.72. The molecular weight excluding hydrogens is 373 g/mol. The van der Waals surface area contributed by atoms with Gasteiger partial charge in [-0.2, -0.15) is 14.0 Å². The van der Waals surface area contributed by atoms with Gasteiger partial charge in [0.05, 0.1) is 16.7 Å². The minimum absolute atomic E-state index is 0.0322. The number of sulfone groups is 1. The SMILES string of the molecule is CS(=O)(=O)c1ccc(Oc2cncc(C#N)c2)c2c1[C@H](O)C(F)(F)[C@H]2F. The number of aromatic nitrogens is 1. The second kappa shape index (κ2) is 5.96. The summed E-state index contributed by atoms with van der Waals surface area (Å²) in [5.41, 5.74) is -1.35. The number of hydrogen-bond acceptors (Lipinski definition) is 6. The highest BCUT2D eigenvalue weighted by Crippen LogP contribution is 2.57. The summed E-state index contributed by atoms with van der Waals surface area (Å²) < 4.78 is 71.4. The summed E-state index contributed by atoms with van der Waals surface area (Å²) in [5.74, 6) is -4.64. The van der Waals surface area contributed by atoms with Crippen LogP contribution in [-0.2, 0) is 9.84 Å². The number of benzene rings is 1. The predicted molar refractivity (Wildman–Crippen MR) is 82.3 cm³/mol. The monoisotopic (exact) mass is 384 g/mol. The van der Waals surface area contributed by atoms with Gasteiger partial charge in [0.15, 0.2) is 16.0 Å². The number of alkyl halides is 3. The quantitative estimate of drug-likeness (QED) is 0.873. The third kappa shape index (κ3) is 2.79. The van der Waals surface area contributed by atoms with Crippen molar-refractivity contribution in [3.05, 3.63) is 47.3 Å². The van der Waals surface area contributed by atoms with E-state index in [-0.39, 0.29) is 11.3 Å². The predicted octanol–water partition coefficient (Wildman–Crippen LogP) is 2.84. The highest BCUT2D eigenvalue weighted by Gasteiger charge is 2.58. The third-order valence-electron chi connectivity index (χ3n) is 3.91. The van der Waals surface area contributed by atoms with Gasteiger partial charge in [0.2, 0.25) is 0 Å². The average molecular weight is 384 g/mol. The minimum atomic E-state index is -4.21. The van der Waals surface area contributed by atoms with Crippen molar-refractivity contribution in [1.82, 2.24) is 4.98 Å². The smallest absolute Gasteiger partial charge is 0.312 e. The zero-order valence-corrected chi connectivity index (χ0v) is 14.0. The Labute approximate surface area is 146 Å². The van der Waals surface area contributed by atoms with Crippen molar-refractivity contribution < 1.29 is 31.4 Å². The van der Waals surface area contributed by atoms with Gasteiger partial charge in [0.25, 0.3) is 0 Å². The van der Waals surface area contributed by atoms with Gasteiger partial charge in [0.1, 0.15) is 23.7 Å². The molecule has 26 heavy (non-hydrogen) atoms. The number of ether oxygens (including phenoxy) is 1. The Hall–Kier alpha value is -2.64. The van der Waals surface area contributed by atoms with Crippen LogP contribution in [-0.4, -0.2) is 30.7 Å². The number of nitrogens with zero attached hydrogens (tertiary/aromatic N) is 2. The molecule has 10 heteroatoms. The van der Waals surface area contributed by atoms with E-state index in [0.717, 1.165) is 18.4 Å². The Morgan fingerprint density at radius 2 is 2.00 bits per heavy atom. The zero-order valence-electron chi connectivity index (χ0n) is 13.1. The molecule has 0 saturated carbocycles. The molecule has 0 unspecified atom stereocenters. The molecule has 1 aromatic heterocycles. The van der Waals surface area contributed by atoms with Crippen molar-refractivity contribution >= 4 is 9.84 Å². The summed E-state index contributed by atoms with van der Waals surface area (Å²) in [7, 11) is -4.01. The van der Waals surface area contributed by atoms with E-state index < -0.39 is 49.8 Å². The fourth-order valence-electron chi connectivity index (χ4n) is 2.74. The lowest BCUT2D eigenvalue weighted by atomic mass is 10.1. The normalized spacial score (nSPS) is 21.1. The summed E-state index contributed by atoms with van der Waals surface area (Å²) in [5, 5.41) is 18.7. The number of halogens is 3. The molecule has 1 aliphatic carbocycles. The fourth-order valence-corrected chi connectivity index (χ4v) is 3.67. The largest absolute Gasteiger partial charge is 0.455 e. The molecule has 1 aliphatic rings. The molecule has 0 saturated heterocycles. The highest BCUT2D eigenvalue weighted by atomic mass is 32.2. The molecule has 0 radical (unpaired) electrons. The molecule has 1 N–H and O–H groups in total. The second-order valence-corrected chi connectivity index (χ2v) is 7.71. The van der Waals surface area contributed by atoms with E-state index >= 15 is 0 Å². The number of fused-ring (bicyclic) bond motifs is 1. The Bertz CT molecular complexity index is 1030. The van der Waals surface area contributed by atoms with E-state index in [1.54, 1.807) is 0 Å². The van der Waals surface area contributed by atoms with Crippen LogP contribution < -0.4 is 4.74 Å². The van der Waals surface area contributed by atoms with E-state index in [0.29, 0.717) is 0 Å². The molecule has 0 spiro atoms. The Kier molecular flexibility index (Phi) is 4.17. The van der Waals surface area contributed by atoms with Gasteiger partial charge in [-0.1, -0.05) is 0 Å². The molecule has 0 amide bonds. The summed E-state index contributed by atoms with van der Waals surface area (Å²) in [6.45, 7) is 0. The van der Waals surface area contributed by atoms with Crippen molar-refractivity contribution in [1.29, 1.82) is 5.26 Å². The van der Waals surface area contributed by atoms with Crippen LogP contribution in [0.15, 0.2) is 35.5 Å². The van der Waals surface area contributed by atoms with E-state index in [2.05, 4.69) is 4.98 Å². The van der Waals surface area contributed by atoms with Gasteiger partial charge in [0, 0.05) is 29.6 Å². The number of aliphatic hydroxyl groups excluding tert-OH is 1. The summed E-state index contributed by atoms with van der Waals surface area (Å²) in [6, 6.07) is 5.04. The van der Waals surface area contributed by atoms with Gasteiger partial charge in [-0.3, -0.25) is 4.98 Å². The first-order valence-electron chi connectivity index (χ1n) is 7.17. The topological polar surface area (TPSA) is 100 Å². The Balaban J connectivity index is 2.20. The maximum absolute atomic E-state index is 14.4. The lowest BCUT2D eigenvalue weighted by Gasteiger charge is -2.16. The molecule has 0 fully saturated rings. The van der Waals surface area contributed by atoms with Crippen LogP contribution in [0.2, 0.25) is 0 Å². The molecule has 2 atom stereocenters. The number of rotatable bonds is 3. The first-order valence-corrected chi connectivity index (χ1v) is 9.06. The molecular formula is C16H11F3N2O4S. The van der Waals surface area contributed by atoms with Gasteiger partial charge >= 0.3 is 5.92 Å². The van der Waals surface area contributed by atoms with Gasteiger partial charge in [-0.15, -0.1) is 0 Å². The lowest BCUT2D eigenvalue weighted by Crippen LogP contribution is -2.24. The van der Waals surface area contributed by atoms with Crippen molar-refractivity contribution in [2.24, 2.45) is 0 Å². The summed E-state index contributed by atoms with van der Waals surface area (Å²) in [4.78, 5) is 3.13. The van der Waals surface area contributed by atoms with Gasteiger partial charge < -0.3 is 9.84 Å². The van der Waals surface area contributed by atoms with Crippen molar-refractivity contribution in [3.63, 3.8) is 0 Å². The van der Waals surface area contributed by atoms with Crippen LogP contribution in [0, 0.1) is 11.3 Å². The maximum Gasteiger partial charge on any atom is 0.312 e. The minimum Gasteiger partial charge on any atom is -0.455 e. The van der Waals surface area contributed by atoms with E-state index in [4.69, 9.17) is 10.00 Å². The number of aliphatic hydroxyl groups is 1. The first kappa shape index (κ1) is 18.2. The van der Waals surface area contributed by atoms with Crippen LogP contribution >= 0.6 is 0 Å². The molecule has 0 aliphatic heterocycles. The number of pyridine rings is 1. The standard InChI is InChI=1S/C16H11F3N2O4S/c1-26(23,24)11-3-2-10(25-9-4-8(5-20)6-21-7-9)12-13(11)15(22)16(18,19)14(12)17/h2-4,6-7,14-15,22H,1H3/t14-,15-/m0/s1. The molecule has 0 bridgehead atoms. The zero-order chi connectivity index (χ0) is 19.3. The highest BCUT2D eigenvalue weighted by molar-refractivity contribution is 7.90. The van der Waals surface area contributed by atoms with Crippen LogP contribution in [0.5, 0.6) is 11.5 Å². The molecule has 6 nitrogen and oxygen atoms in total. The van der Waals surface area contributed by atoms with Crippen molar-refractivity contribution in [3.8, 4) is 17.6 Å². The van der Waals surface area contributed by atoms with Gasteiger partial charge in [-0.05, 0) is 12.1 Å². The van der Waals surface area contributed by atoms with E-state index in [1.807, 2.05) is 6.07 Å². The van der Waals surface area contributed by atoms with Crippen LogP contribution in [0.25, 0.3) is 0 Å². The van der Waals surface area contributed by atoms with Crippen LogP contribution in [0.1, 0.15) is 29.0 Å². The Morgan fingerprint density at radius 3 is 2.62 bits per heavy atom. The van der Waals surface area contributed by atoms with E-state index in [1.165, 1.54) is 18.5 Å². The Morgan fingerprint density at radius 1 is 1.31 bits per heavy atom. The van der Waals surface area contributed by atoms with Crippen LogP contribution in [0.4, 0.5) is 13.2 Å². The fraction of sp³-hybridized carbons (Fsp3) is 0.250. The van der Waals surface area contributed by atoms with Gasteiger partial charge in [-0.25, -0.2) is 12.8 Å². The van der Waals surface area contributed by atoms with E-state index in [9.17, 15) is 26.7 Å². The van der Waals surface area contributed by atoms with Crippen molar-refractivity contribution in [2.45, 2.75) is 23.1 Å². The summed E-state index contributed by atoms with van der Waals surface area (Å²) in [6.07, 6.45) is -2.42. The average Bonchev–Trinajstić information content (AvgIpc) is 2.75. The summed E-state index contributed by atoms with van der Waals surface area (Å²) >= 11 is 0. The molecule has 1 heterocycles. The lowest BCUT2D eigenvalue weighted by molar-refractivity contribution is -0.143. The van der Waals surface area contributed by atoms with Crippen molar-refractivity contribution in [2.75, 3.05) is 6.26 Å². The number of hydrogen-bond donors (Lipinski definition) is 1. The molecule has 2 aromatic rings. The molecule has 136 valence electrons. The molecule has 3 rings (SSSR count). The van der Waals surface area contributed by atoms with Crippen LogP contribution in [0.3, 0.4) is 0 Å². The number of nitriles is 1.